The molecule has 0 bridgehead atoms. The van der Waals surface area contributed by atoms with Crippen molar-refractivity contribution in [2.75, 3.05) is 32.8 Å². The van der Waals surface area contributed by atoms with Crippen LogP contribution in [0.25, 0.3) is 0 Å². The summed E-state index contributed by atoms with van der Waals surface area (Å²) in [7, 11) is 0. The molecule has 1 unspecified atom stereocenters. The topological polar surface area (TPSA) is 84.1 Å². The van der Waals surface area contributed by atoms with Gasteiger partial charge in [0, 0.05) is 32.4 Å². The lowest BCUT2D eigenvalue weighted by Gasteiger charge is -2.50. The maximum Gasteiger partial charge on any atom is 0.410 e. The minimum Gasteiger partial charge on any atom is -0.633 e. The molecule has 0 aromatic heterocycles. The SMILES string of the molecule is Cl.O.O=C1OCC(CC[N+]2([O-])CCC(Cc3ccccc3)CC2)(c2ccc(Cl)c(Cl)c2)CN1Cc1ccccc1. The lowest BCUT2D eigenvalue weighted by molar-refractivity contribution is -0.887. The zero-order valence-electron chi connectivity index (χ0n) is 22.4. The standard InChI is InChI=1S/C31H34Cl2N2O3.ClH.H2O/c32-28-12-11-27(20-29(28)33)31(22-34(30(36)38-23-31)21-26-9-5-2-6-10-26)15-18-35(37)16-13-25(14-17-35)19-24-7-3-1-4-8-24;;/h1-12,20,25H,13-19,21-23H2;1H;1H2. The van der Waals surface area contributed by atoms with Gasteiger partial charge < -0.3 is 25.0 Å². The second-order valence-corrected chi connectivity index (χ2v) is 11.7. The Balaban J connectivity index is 0.00000220. The van der Waals surface area contributed by atoms with E-state index in [2.05, 4.69) is 24.3 Å². The number of hydroxylamine groups is 3. The number of hydrogen-bond donors (Lipinski definition) is 0. The van der Waals surface area contributed by atoms with E-state index in [1.165, 1.54) is 5.56 Å². The number of cyclic esters (lactones) is 1. The molecule has 0 saturated carbocycles. The van der Waals surface area contributed by atoms with E-state index in [9.17, 15) is 10.0 Å². The number of carbonyl (C=O) groups is 1. The van der Waals surface area contributed by atoms with Crippen molar-refractivity contribution in [3.05, 3.63) is 111 Å². The molecule has 0 aliphatic carbocycles. The summed E-state index contributed by atoms with van der Waals surface area (Å²) >= 11 is 12.7. The normalized spacial score (nSPS) is 24.4. The van der Waals surface area contributed by atoms with Gasteiger partial charge in [-0.25, -0.2) is 4.79 Å². The monoisotopic (exact) mass is 606 g/mol. The summed E-state index contributed by atoms with van der Waals surface area (Å²) in [6.45, 7) is 2.81. The third kappa shape index (κ3) is 7.69. The lowest BCUT2D eigenvalue weighted by Crippen LogP contribution is -2.56. The minimum absolute atomic E-state index is 0. The second-order valence-electron chi connectivity index (χ2n) is 10.9. The first kappa shape index (κ1) is 32.2. The van der Waals surface area contributed by atoms with Crippen LogP contribution in [0.2, 0.25) is 10.0 Å². The molecule has 2 N–H and O–H groups in total. The Labute approximate surface area is 252 Å². The average molecular weight is 608 g/mol. The molecule has 3 aromatic rings. The van der Waals surface area contributed by atoms with Gasteiger partial charge in [0.15, 0.2) is 0 Å². The number of nitrogens with zero attached hydrogens (tertiary/aromatic N) is 2. The van der Waals surface area contributed by atoms with Gasteiger partial charge in [-0.3, -0.25) is 0 Å². The van der Waals surface area contributed by atoms with Gasteiger partial charge in [0.2, 0.25) is 0 Å². The summed E-state index contributed by atoms with van der Waals surface area (Å²) in [6, 6.07) is 26.0. The predicted molar refractivity (Wildman–Crippen MR) is 163 cm³/mol. The highest BCUT2D eigenvalue weighted by molar-refractivity contribution is 6.42. The number of rotatable bonds is 8. The van der Waals surface area contributed by atoms with Crippen LogP contribution < -0.4 is 0 Å². The van der Waals surface area contributed by atoms with E-state index in [1.54, 1.807) is 11.0 Å². The van der Waals surface area contributed by atoms with E-state index >= 15 is 0 Å². The van der Waals surface area contributed by atoms with E-state index in [0.717, 1.165) is 30.4 Å². The van der Waals surface area contributed by atoms with Crippen LogP contribution in [0, 0.1) is 11.1 Å². The average Bonchev–Trinajstić information content (AvgIpc) is 2.93. The van der Waals surface area contributed by atoms with Crippen LogP contribution in [0.3, 0.4) is 0 Å². The molecular formula is C31H37Cl3N2O4. The van der Waals surface area contributed by atoms with Crippen LogP contribution in [-0.4, -0.2) is 53.9 Å². The van der Waals surface area contributed by atoms with Crippen LogP contribution in [-0.2, 0) is 23.1 Å². The first-order valence-electron chi connectivity index (χ1n) is 13.4. The smallest absolute Gasteiger partial charge is 0.410 e. The fourth-order valence-corrected chi connectivity index (χ4v) is 6.17. The Morgan fingerprint density at radius 2 is 1.55 bits per heavy atom. The second kappa shape index (κ2) is 14.0. The maximum absolute atomic E-state index is 13.9. The van der Waals surface area contributed by atoms with Gasteiger partial charge in [0.05, 0.1) is 35.1 Å². The molecule has 1 amide bonds. The fourth-order valence-electron chi connectivity index (χ4n) is 5.87. The number of hydrogen-bond acceptors (Lipinski definition) is 3. The molecule has 6 nitrogen and oxygen atoms in total. The minimum atomic E-state index is -0.548. The third-order valence-electron chi connectivity index (χ3n) is 8.23. The Kier molecular flexibility index (Phi) is 11.3. The van der Waals surface area contributed by atoms with Gasteiger partial charge >= 0.3 is 6.09 Å². The van der Waals surface area contributed by atoms with Crippen molar-refractivity contribution in [3.63, 3.8) is 0 Å². The number of halogens is 3. The molecule has 0 spiro atoms. The van der Waals surface area contributed by atoms with Gasteiger partial charge in [-0.2, -0.15) is 0 Å². The first-order chi connectivity index (χ1) is 18.3. The molecule has 5 rings (SSSR count). The number of benzene rings is 3. The van der Waals surface area contributed by atoms with Crippen molar-refractivity contribution in [2.24, 2.45) is 5.92 Å². The number of ether oxygens (including phenoxy) is 1. The van der Waals surface area contributed by atoms with Crippen molar-refractivity contribution in [2.45, 2.75) is 37.6 Å². The highest BCUT2D eigenvalue weighted by Crippen LogP contribution is 2.38. The van der Waals surface area contributed by atoms with Crippen LogP contribution in [0.5, 0.6) is 0 Å². The Bertz CT molecular complexity index is 1240. The molecule has 2 saturated heterocycles. The predicted octanol–water partition coefficient (Wildman–Crippen LogP) is 6.84. The Hall–Kier alpha value is -2.32. The van der Waals surface area contributed by atoms with Crippen LogP contribution in [0.4, 0.5) is 4.79 Å². The van der Waals surface area contributed by atoms with Gasteiger partial charge in [0.25, 0.3) is 0 Å². The summed E-state index contributed by atoms with van der Waals surface area (Å²) in [5.74, 6) is 0.540. The molecule has 2 fully saturated rings. The summed E-state index contributed by atoms with van der Waals surface area (Å²) < 4.78 is 5.55. The molecule has 2 aliphatic heterocycles. The summed E-state index contributed by atoms with van der Waals surface area (Å²) in [6.07, 6.45) is 3.13. The van der Waals surface area contributed by atoms with Crippen LogP contribution in [0.1, 0.15) is 36.0 Å². The van der Waals surface area contributed by atoms with Crippen molar-refractivity contribution in [1.29, 1.82) is 0 Å². The summed E-state index contributed by atoms with van der Waals surface area (Å²) in [4.78, 5) is 14.5. The van der Waals surface area contributed by atoms with Crippen molar-refractivity contribution in [3.8, 4) is 0 Å². The molecule has 2 aliphatic rings. The molecule has 9 heteroatoms. The van der Waals surface area contributed by atoms with Gasteiger partial charge in [-0.1, -0.05) is 89.9 Å². The van der Waals surface area contributed by atoms with Crippen LogP contribution >= 0.6 is 35.6 Å². The Morgan fingerprint density at radius 3 is 2.17 bits per heavy atom. The number of likely N-dealkylation sites (tertiary alicyclic amines) is 1. The third-order valence-corrected chi connectivity index (χ3v) is 8.97. The largest absolute Gasteiger partial charge is 0.633 e. The van der Waals surface area contributed by atoms with Gasteiger partial charge in [-0.05, 0) is 41.2 Å². The quantitative estimate of drug-likeness (QED) is 0.208. The Morgan fingerprint density at radius 1 is 0.925 bits per heavy atom. The maximum atomic E-state index is 13.9. The number of quaternary nitrogens is 1. The lowest BCUT2D eigenvalue weighted by atomic mass is 9.76. The molecule has 3 aromatic carbocycles. The zero-order valence-corrected chi connectivity index (χ0v) is 24.8. The zero-order chi connectivity index (χ0) is 26.6. The van der Waals surface area contributed by atoms with Crippen LogP contribution in [0.15, 0.2) is 78.9 Å². The molecular weight excluding hydrogens is 571 g/mol. The van der Waals surface area contributed by atoms with E-state index in [4.69, 9.17) is 27.9 Å². The molecule has 0 radical (unpaired) electrons. The summed E-state index contributed by atoms with van der Waals surface area (Å²) in [5, 5.41) is 14.8. The van der Waals surface area contributed by atoms with E-state index in [-0.39, 0.29) is 35.2 Å². The van der Waals surface area contributed by atoms with E-state index in [1.807, 2.05) is 48.5 Å². The van der Waals surface area contributed by atoms with Crippen molar-refractivity contribution < 1.29 is 19.7 Å². The van der Waals surface area contributed by atoms with Gasteiger partial charge in [0.1, 0.15) is 6.61 Å². The number of piperidine rings is 1. The van der Waals surface area contributed by atoms with Gasteiger partial charge in [-0.15, -0.1) is 12.4 Å². The molecule has 216 valence electrons. The van der Waals surface area contributed by atoms with E-state index in [0.29, 0.717) is 55.1 Å². The fraction of sp³-hybridized carbons (Fsp3) is 0.387. The number of carbonyl (C=O) groups excluding carboxylic acids is 1. The highest BCUT2D eigenvalue weighted by Gasteiger charge is 2.43. The molecule has 1 atom stereocenters. The molecule has 2 heterocycles. The van der Waals surface area contributed by atoms with Crippen molar-refractivity contribution in [1.82, 2.24) is 4.90 Å². The van der Waals surface area contributed by atoms with Crippen molar-refractivity contribution >= 4 is 41.7 Å². The van der Waals surface area contributed by atoms with E-state index < -0.39 is 5.41 Å². The summed E-state index contributed by atoms with van der Waals surface area (Å²) in [5.41, 5.74) is 2.77. The number of amides is 1. The molecule has 40 heavy (non-hydrogen) atoms. The highest BCUT2D eigenvalue weighted by atomic mass is 35.5. The first-order valence-corrected chi connectivity index (χ1v) is 14.1.